The van der Waals surface area contributed by atoms with Crippen LogP contribution in [0.2, 0.25) is 0 Å². The zero-order valence-electron chi connectivity index (χ0n) is 18.3. The normalized spacial score (nSPS) is 17.5. The largest absolute Gasteiger partial charge is 0.378 e. The minimum absolute atomic E-state index is 0.175. The van der Waals surface area contributed by atoms with Crippen molar-refractivity contribution in [2.24, 2.45) is 0 Å². The number of anilines is 1. The van der Waals surface area contributed by atoms with E-state index in [1.165, 1.54) is 24.2 Å². The number of fused-ring (bicyclic) bond motifs is 5. The number of thiophene rings is 1. The Morgan fingerprint density at radius 2 is 1.82 bits per heavy atom. The fourth-order valence-corrected chi connectivity index (χ4v) is 7.32. The Morgan fingerprint density at radius 1 is 1.03 bits per heavy atom. The number of aromatic nitrogens is 1. The Hall–Kier alpha value is -2.46. The highest BCUT2D eigenvalue weighted by Crippen LogP contribution is 2.37. The Morgan fingerprint density at radius 3 is 2.64 bits per heavy atom. The van der Waals surface area contributed by atoms with Crippen molar-refractivity contribution in [3.05, 3.63) is 46.1 Å². The van der Waals surface area contributed by atoms with Crippen molar-refractivity contribution in [3.8, 4) is 0 Å². The first-order chi connectivity index (χ1) is 16.2. The molecule has 172 valence electrons. The van der Waals surface area contributed by atoms with Crippen molar-refractivity contribution in [1.29, 1.82) is 0 Å². The number of hydrogen-bond acceptors (Lipinski definition) is 7. The zero-order valence-corrected chi connectivity index (χ0v) is 20.0. The molecule has 2 aliphatic rings. The first kappa shape index (κ1) is 21.1. The number of morpholine rings is 1. The average Bonchev–Trinajstić information content (AvgIpc) is 3.58. The number of amides is 1. The topological polar surface area (TPSA) is 66.3 Å². The van der Waals surface area contributed by atoms with Crippen LogP contribution in [0.5, 0.6) is 0 Å². The number of nitrogens with one attached hydrogen (secondary N) is 1. The smallest absolute Gasteiger partial charge is 0.258 e. The summed E-state index contributed by atoms with van der Waals surface area (Å²) in [6, 6.07) is 10.1. The fraction of sp³-hybridized carbons (Fsp3) is 0.417. The van der Waals surface area contributed by atoms with E-state index in [9.17, 15) is 9.59 Å². The molecular weight excluding hydrogens is 456 g/mol. The van der Waals surface area contributed by atoms with Gasteiger partial charge in [-0.2, -0.15) is 0 Å². The van der Waals surface area contributed by atoms with Crippen molar-refractivity contribution in [1.82, 2.24) is 14.6 Å². The molecule has 0 saturated carbocycles. The lowest BCUT2D eigenvalue weighted by Crippen LogP contribution is -2.36. The molecule has 33 heavy (non-hydrogen) atoms. The third-order valence-corrected chi connectivity index (χ3v) is 8.89. The number of hydrogen-bond donors (Lipinski definition) is 1. The standard InChI is InChI=1S/C24H26N4O3S2/c29-21-16-15-19(27-11-13-31-14-12-27)33-23(16)28-17-5-1-2-6-18(17)32-24(28)20(21)22(30)25-7-10-26-8-3-4-9-26/h1-2,5-6,15H,3-4,7-14H2,(H,25,30). The van der Waals surface area contributed by atoms with Gasteiger partial charge in [-0.05, 0) is 44.1 Å². The number of pyridine rings is 1. The van der Waals surface area contributed by atoms with Gasteiger partial charge >= 0.3 is 0 Å². The summed E-state index contributed by atoms with van der Waals surface area (Å²) in [7, 11) is 0. The molecule has 9 heteroatoms. The lowest BCUT2D eigenvalue weighted by atomic mass is 10.2. The molecule has 0 bridgehead atoms. The van der Waals surface area contributed by atoms with Crippen LogP contribution in [0.25, 0.3) is 25.3 Å². The second-order valence-electron chi connectivity index (χ2n) is 8.62. The minimum atomic E-state index is -0.274. The monoisotopic (exact) mass is 482 g/mol. The van der Waals surface area contributed by atoms with E-state index in [1.54, 1.807) is 11.3 Å². The number of para-hydroxylation sites is 1. The maximum Gasteiger partial charge on any atom is 0.258 e. The number of nitrogens with zero attached hydrogens (tertiary/aromatic N) is 3. The quantitative estimate of drug-likeness (QED) is 0.472. The number of likely N-dealkylation sites (tertiary alicyclic amines) is 1. The summed E-state index contributed by atoms with van der Waals surface area (Å²) in [6.45, 7) is 6.54. The number of rotatable bonds is 5. The summed E-state index contributed by atoms with van der Waals surface area (Å²) in [6.07, 6.45) is 2.44. The number of benzene rings is 1. The van der Waals surface area contributed by atoms with E-state index in [1.807, 2.05) is 18.2 Å². The molecule has 0 unspecified atom stereocenters. The van der Waals surface area contributed by atoms with Crippen LogP contribution in [-0.4, -0.2) is 67.7 Å². The molecular formula is C24H26N4O3S2. The van der Waals surface area contributed by atoms with E-state index in [0.29, 0.717) is 25.1 Å². The Labute approximate surface area is 199 Å². The van der Waals surface area contributed by atoms with E-state index in [0.717, 1.165) is 57.6 Å². The van der Waals surface area contributed by atoms with Gasteiger partial charge in [0, 0.05) is 26.2 Å². The summed E-state index contributed by atoms with van der Waals surface area (Å²) in [5.41, 5.74) is 1.12. The second-order valence-corrected chi connectivity index (χ2v) is 10.7. The van der Waals surface area contributed by atoms with Crippen molar-refractivity contribution in [2.75, 3.05) is 57.4 Å². The van der Waals surface area contributed by atoms with Gasteiger partial charge in [-0.1, -0.05) is 23.5 Å². The molecule has 6 rings (SSSR count). The predicted molar refractivity (Wildman–Crippen MR) is 135 cm³/mol. The molecule has 0 atom stereocenters. The van der Waals surface area contributed by atoms with Gasteiger partial charge in [0.05, 0.1) is 33.8 Å². The third kappa shape index (κ3) is 3.73. The SMILES string of the molecule is O=C(NCCN1CCCC1)c1c(=O)c2cc(N3CCOCC3)sc2n2c1sc1ccccc12. The van der Waals surface area contributed by atoms with Crippen LogP contribution >= 0.6 is 22.7 Å². The van der Waals surface area contributed by atoms with Crippen molar-refractivity contribution in [2.45, 2.75) is 12.8 Å². The first-order valence-corrected chi connectivity index (χ1v) is 13.2. The van der Waals surface area contributed by atoms with E-state index in [2.05, 4.69) is 31.7 Å². The molecule has 4 aromatic rings. The Kier molecular flexibility index (Phi) is 5.57. The highest BCUT2D eigenvalue weighted by atomic mass is 32.1. The Balaban J connectivity index is 1.46. The highest BCUT2D eigenvalue weighted by molar-refractivity contribution is 7.25. The van der Waals surface area contributed by atoms with Crippen LogP contribution in [-0.2, 0) is 4.74 Å². The molecule has 2 fully saturated rings. The van der Waals surface area contributed by atoms with Gasteiger partial charge < -0.3 is 19.9 Å². The van der Waals surface area contributed by atoms with Gasteiger partial charge in [0.15, 0.2) is 0 Å². The summed E-state index contributed by atoms with van der Waals surface area (Å²) in [5, 5.41) is 4.70. The summed E-state index contributed by atoms with van der Waals surface area (Å²) in [5.74, 6) is -0.274. The third-order valence-electron chi connectivity index (χ3n) is 6.57. The van der Waals surface area contributed by atoms with Crippen LogP contribution in [0.4, 0.5) is 5.00 Å². The Bertz CT molecular complexity index is 1390. The van der Waals surface area contributed by atoms with Gasteiger partial charge in [-0.3, -0.25) is 14.0 Å². The van der Waals surface area contributed by atoms with Crippen LogP contribution in [0, 0.1) is 0 Å². The fourth-order valence-electron chi connectivity index (χ4n) is 4.84. The van der Waals surface area contributed by atoms with Crippen molar-refractivity contribution in [3.63, 3.8) is 0 Å². The minimum Gasteiger partial charge on any atom is -0.378 e. The number of thiazole rings is 1. The molecule has 0 aliphatic carbocycles. The lowest BCUT2D eigenvalue weighted by Gasteiger charge is -2.27. The van der Waals surface area contributed by atoms with Crippen LogP contribution in [0.3, 0.4) is 0 Å². The summed E-state index contributed by atoms with van der Waals surface area (Å²) >= 11 is 3.14. The maximum atomic E-state index is 13.7. The van der Waals surface area contributed by atoms with Gasteiger partial charge in [-0.25, -0.2) is 0 Å². The molecule has 1 amide bonds. The highest BCUT2D eigenvalue weighted by Gasteiger charge is 2.25. The molecule has 1 aromatic carbocycles. The predicted octanol–water partition coefficient (Wildman–Crippen LogP) is 3.39. The lowest BCUT2D eigenvalue weighted by molar-refractivity contribution is 0.0950. The zero-order chi connectivity index (χ0) is 22.4. The van der Waals surface area contributed by atoms with E-state index in [-0.39, 0.29) is 16.9 Å². The first-order valence-electron chi connectivity index (χ1n) is 11.5. The molecule has 2 aliphatic heterocycles. The molecule has 0 radical (unpaired) electrons. The van der Waals surface area contributed by atoms with Gasteiger partial charge in [0.25, 0.3) is 5.91 Å². The van der Waals surface area contributed by atoms with Crippen molar-refractivity contribution < 1.29 is 9.53 Å². The molecule has 5 heterocycles. The maximum absolute atomic E-state index is 13.7. The second kappa shape index (κ2) is 8.72. The van der Waals surface area contributed by atoms with Crippen LogP contribution in [0.15, 0.2) is 35.1 Å². The molecule has 0 spiro atoms. The number of ether oxygens (including phenoxy) is 1. The molecule has 7 nitrogen and oxygen atoms in total. The van der Waals surface area contributed by atoms with E-state index in [4.69, 9.17) is 4.74 Å². The number of carbonyl (C=O) groups excluding carboxylic acids is 1. The van der Waals surface area contributed by atoms with Gasteiger partial charge in [0.2, 0.25) is 5.43 Å². The van der Waals surface area contributed by atoms with Crippen LogP contribution < -0.4 is 15.6 Å². The van der Waals surface area contributed by atoms with Gasteiger partial charge in [0.1, 0.15) is 15.2 Å². The van der Waals surface area contributed by atoms with Gasteiger partial charge in [-0.15, -0.1) is 11.3 Å². The number of carbonyl (C=O) groups is 1. The van der Waals surface area contributed by atoms with E-state index < -0.39 is 0 Å². The van der Waals surface area contributed by atoms with Crippen molar-refractivity contribution >= 4 is 58.8 Å². The summed E-state index contributed by atoms with van der Waals surface area (Å²) < 4.78 is 8.68. The molecule has 2 saturated heterocycles. The average molecular weight is 483 g/mol. The molecule has 3 aromatic heterocycles. The van der Waals surface area contributed by atoms with E-state index >= 15 is 0 Å². The summed E-state index contributed by atoms with van der Waals surface area (Å²) in [4.78, 5) is 33.2. The molecule has 1 N–H and O–H groups in total. The van der Waals surface area contributed by atoms with Crippen LogP contribution in [0.1, 0.15) is 23.2 Å².